The lowest BCUT2D eigenvalue weighted by atomic mass is 9.96. The van der Waals surface area contributed by atoms with Crippen molar-refractivity contribution >= 4 is 34.6 Å². The quantitative estimate of drug-likeness (QED) is 0.442. The molecule has 1 saturated heterocycles. The number of carbonyl (C=O) groups is 3. The second-order valence-corrected chi connectivity index (χ2v) is 8.68. The highest BCUT2D eigenvalue weighted by atomic mass is 16.7. The van der Waals surface area contributed by atoms with Gasteiger partial charge < -0.3 is 25.2 Å². The summed E-state index contributed by atoms with van der Waals surface area (Å²) in [6.45, 7) is 2.95. The van der Waals surface area contributed by atoms with Crippen molar-refractivity contribution in [2.45, 2.75) is 25.8 Å². The first-order valence-corrected chi connectivity index (χ1v) is 11.2. The molecule has 1 amide bonds. The van der Waals surface area contributed by atoms with Crippen molar-refractivity contribution in [3.63, 3.8) is 0 Å². The summed E-state index contributed by atoms with van der Waals surface area (Å²) in [5.74, 6) is 0.0779. The van der Waals surface area contributed by atoms with Crippen LogP contribution in [0.3, 0.4) is 0 Å². The fraction of sp³-hybridized carbons (Fsp3) is 0.320. The van der Waals surface area contributed by atoms with E-state index in [1.807, 2.05) is 23.1 Å². The molecule has 2 aromatic rings. The van der Waals surface area contributed by atoms with E-state index in [0.29, 0.717) is 52.7 Å². The van der Waals surface area contributed by atoms with Crippen molar-refractivity contribution in [3.05, 3.63) is 53.1 Å². The fourth-order valence-corrected chi connectivity index (χ4v) is 4.62. The van der Waals surface area contributed by atoms with Crippen molar-refractivity contribution in [3.8, 4) is 11.5 Å². The number of benzene rings is 2. The van der Waals surface area contributed by atoms with E-state index in [1.54, 1.807) is 18.2 Å². The van der Waals surface area contributed by atoms with Gasteiger partial charge in [0.1, 0.15) is 0 Å². The van der Waals surface area contributed by atoms with Crippen molar-refractivity contribution in [1.29, 1.82) is 0 Å². The van der Waals surface area contributed by atoms with E-state index in [1.165, 1.54) is 6.92 Å². The summed E-state index contributed by atoms with van der Waals surface area (Å²) >= 11 is 0. The first-order valence-electron chi connectivity index (χ1n) is 11.2. The Hall–Kier alpha value is -3.85. The van der Waals surface area contributed by atoms with Crippen molar-refractivity contribution in [2.24, 2.45) is 0 Å². The van der Waals surface area contributed by atoms with E-state index < -0.39 is 5.97 Å². The zero-order valence-corrected chi connectivity index (χ0v) is 18.7. The molecule has 3 N–H and O–H groups in total. The number of ether oxygens (including phenoxy) is 2. The van der Waals surface area contributed by atoms with Gasteiger partial charge in [0.25, 0.3) is 5.91 Å². The second-order valence-electron chi connectivity index (χ2n) is 8.68. The van der Waals surface area contributed by atoms with Crippen LogP contribution in [0, 0.1) is 0 Å². The molecule has 0 radical (unpaired) electrons. The molecule has 3 aliphatic heterocycles. The lowest BCUT2D eigenvalue weighted by Crippen LogP contribution is -2.43. The number of anilines is 1. The average Bonchev–Trinajstić information content (AvgIpc) is 3.40. The molecular formula is C25H25N3O6. The number of piperidine rings is 1. The van der Waals surface area contributed by atoms with Gasteiger partial charge in [0.15, 0.2) is 17.3 Å². The minimum atomic E-state index is -0.838. The predicted octanol–water partition coefficient (Wildman–Crippen LogP) is 2.58. The number of likely N-dealkylation sites (tertiary alicyclic amines) is 1. The average molecular weight is 463 g/mol. The molecule has 0 saturated carbocycles. The Morgan fingerprint density at radius 2 is 1.82 bits per heavy atom. The molecule has 9 nitrogen and oxygen atoms in total. The van der Waals surface area contributed by atoms with Crippen LogP contribution in [0.25, 0.3) is 11.3 Å². The Morgan fingerprint density at radius 3 is 2.56 bits per heavy atom. The summed E-state index contributed by atoms with van der Waals surface area (Å²) in [6.07, 6.45) is 1.47. The van der Waals surface area contributed by atoms with Crippen molar-refractivity contribution in [2.75, 3.05) is 31.7 Å². The van der Waals surface area contributed by atoms with Crippen LogP contribution in [0.2, 0.25) is 0 Å². The number of hydrogen-bond acceptors (Lipinski definition) is 7. The van der Waals surface area contributed by atoms with Gasteiger partial charge in [-0.3, -0.25) is 19.3 Å². The van der Waals surface area contributed by atoms with Gasteiger partial charge in [-0.1, -0.05) is 0 Å². The van der Waals surface area contributed by atoms with Gasteiger partial charge in [-0.2, -0.15) is 0 Å². The third-order valence-electron chi connectivity index (χ3n) is 6.38. The minimum Gasteiger partial charge on any atom is -0.480 e. The molecule has 0 aromatic heterocycles. The molecule has 0 aliphatic carbocycles. The van der Waals surface area contributed by atoms with E-state index in [9.17, 15) is 14.4 Å². The van der Waals surface area contributed by atoms with Crippen LogP contribution in [-0.4, -0.2) is 60.1 Å². The van der Waals surface area contributed by atoms with Gasteiger partial charge in [0.05, 0.1) is 17.8 Å². The lowest BCUT2D eigenvalue weighted by molar-refractivity contribution is -0.138. The standard InChI is InChI=1S/C25H25N3O6/c1-14(29)15-2-4-19-18(10-15)23(25(32)27-19)24(16-3-5-20-21(11-16)34-13-33-20)26-17-6-8-28(9-7-17)12-22(30)31/h2-5,10-11,17,26H,6-9,12-13H2,1H3,(H,27,32)(H,30,31)/b24-23-. The fourth-order valence-electron chi connectivity index (χ4n) is 4.62. The minimum absolute atomic E-state index is 0.0203. The van der Waals surface area contributed by atoms with E-state index in [-0.39, 0.29) is 31.1 Å². The van der Waals surface area contributed by atoms with Crippen LogP contribution in [0.1, 0.15) is 41.3 Å². The molecule has 176 valence electrons. The number of carboxylic acids is 1. The van der Waals surface area contributed by atoms with Crippen LogP contribution < -0.4 is 20.1 Å². The summed E-state index contributed by atoms with van der Waals surface area (Å²) in [6, 6.07) is 10.8. The van der Waals surface area contributed by atoms with E-state index in [2.05, 4.69) is 10.6 Å². The number of carboxylic acid groups (broad SMARTS) is 1. The third kappa shape index (κ3) is 4.22. The molecule has 1 fully saturated rings. The first kappa shape index (κ1) is 22.0. The number of rotatable bonds is 6. The summed E-state index contributed by atoms with van der Waals surface area (Å²) in [4.78, 5) is 38.1. The Balaban J connectivity index is 1.54. The van der Waals surface area contributed by atoms with Crippen LogP contribution in [0.15, 0.2) is 36.4 Å². The topological polar surface area (TPSA) is 117 Å². The number of aliphatic carboxylic acids is 1. The van der Waals surface area contributed by atoms with E-state index >= 15 is 0 Å². The number of Topliss-reactive ketones (excluding diaryl/α,β-unsaturated/α-hetero) is 1. The molecule has 0 unspecified atom stereocenters. The normalized spacial score (nSPS) is 18.9. The Morgan fingerprint density at radius 1 is 1.09 bits per heavy atom. The molecule has 2 aromatic carbocycles. The Bertz CT molecular complexity index is 1210. The number of amides is 1. The zero-order valence-electron chi connectivity index (χ0n) is 18.7. The maximum absolute atomic E-state index is 13.2. The summed E-state index contributed by atoms with van der Waals surface area (Å²) < 4.78 is 11.0. The molecule has 3 heterocycles. The van der Waals surface area contributed by atoms with Gasteiger partial charge >= 0.3 is 5.97 Å². The molecule has 34 heavy (non-hydrogen) atoms. The van der Waals surface area contributed by atoms with Gasteiger partial charge in [-0.05, 0) is 56.2 Å². The highest BCUT2D eigenvalue weighted by molar-refractivity contribution is 6.36. The molecule has 0 bridgehead atoms. The number of carbonyl (C=O) groups excluding carboxylic acids is 2. The van der Waals surface area contributed by atoms with Crippen molar-refractivity contribution < 1.29 is 29.0 Å². The molecular weight excluding hydrogens is 438 g/mol. The van der Waals surface area contributed by atoms with Gasteiger partial charge in [-0.15, -0.1) is 0 Å². The second kappa shape index (κ2) is 8.83. The Labute approximate surface area is 196 Å². The monoisotopic (exact) mass is 463 g/mol. The van der Waals surface area contributed by atoms with Gasteiger partial charge in [0, 0.05) is 41.5 Å². The summed E-state index contributed by atoms with van der Waals surface area (Å²) in [7, 11) is 0. The van der Waals surface area contributed by atoms with E-state index in [0.717, 1.165) is 18.4 Å². The van der Waals surface area contributed by atoms with Gasteiger partial charge in [0.2, 0.25) is 6.79 Å². The van der Waals surface area contributed by atoms with Gasteiger partial charge in [-0.25, -0.2) is 0 Å². The maximum atomic E-state index is 13.2. The van der Waals surface area contributed by atoms with Crippen LogP contribution >= 0.6 is 0 Å². The Kier molecular flexibility index (Phi) is 5.70. The van der Waals surface area contributed by atoms with Crippen molar-refractivity contribution in [1.82, 2.24) is 10.2 Å². The highest BCUT2D eigenvalue weighted by Crippen LogP contribution is 2.40. The van der Waals surface area contributed by atoms with Crippen LogP contribution in [0.5, 0.6) is 11.5 Å². The molecule has 3 aliphatic rings. The number of fused-ring (bicyclic) bond motifs is 2. The summed E-state index contributed by atoms with van der Waals surface area (Å²) in [5, 5.41) is 15.5. The number of nitrogens with one attached hydrogen (secondary N) is 2. The van der Waals surface area contributed by atoms with Crippen LogP contribution in [0.4, 0.5) is 5.69 Å². The lowest BCUT2D eigenvalue weighted by Gasteiger charge is -2.32. The number of ketones is 1. The first-order chi connectivity index (χ1) is 16.4. The molecule has 0 atom stereocenters. The van der Waals surface area contributed by atoms with Crippen LogP contribution in [-0.2, 0) is 9.59 Å². The molecule has 5 rings (SSSR count). The number of nitrogens with zero attached hydrogens (tertiary/aromatic N) is 1. The highest BCUT2D eigenvalue weighted by Gasteiger charge is 2.31. The van der Waals surface area contributed by atoms with E-state index in [4.69, 9.17) is 14.6 Å². The molecule has 0 spiro atoms. The largest absolute Gasteiger partial charge is 0.480 e. The summed E-state index contributed by atoms with van der Waals surface area (Å²) in [5.41, 5.74) is 3.72. The maximum Gasteiger partial charge on any atom is 0.317 e. The zero-order chi connectivity index (χ0) is 23.8. The SMILES string of the molecule is CC(=O)c1ccc2c(c1)/C(=C(/NC1CCN(CC(=O)O)CC1)c1ccc3c(c1)OCO3)C(=O)N2. The smallest absolute Gasteiger partial charge is 0.317 e. The molecule has 9 heteroatoms. The number of hydrogen-bond donors (Lipinski definition) is 3. The predicted molar refractivity (Wildman–Crippen MR) is 125 cm³/mol. The third-order valence-corrected chi connectivity index (χ3v) is 6.38.